The molecule has 2 aromatic rings. The van der Waals surface area contributed by atoms with E-state index in [1.54, 1.807) is 17.5 Å². The first-order chi connectivity index (χ1) is 12.8. The number of amides is 1. The van der Waals surface area contributed by atoms with E-state index in [1.807, 2.05) is 13.0 Å². The number of nitrogens with one attached hydrogen (secondary N) is 1. The van der Waals surface area contributed by atoms with Crippen LogP contribution in [0.2, 0.25) is 0 Å². The maximum Gasteiger partial charge on any atom is 0.235 e. The summed E-state index contributed by atoms with van der Waals surface area (Å²) in [5, 5.41) is 13.8. The van der Waals surface area contributed by atoms with Crippen LogP contribution in [0.25, 0.3) is 0 Å². The molecule has 0 fully saturated rings. The summed E-state index contributed by atoms with van der Waals surface area (Å²) < 4.78 is 0. The summed E-state index contributed by atoms with van der Waals surface area (Å²) in [5.74, 6) is 0.696. The second-order valence-corrected chi connectivity index (χ2v) is 9.99. The van der Waals surface area contributed by atoms with Crippen molar-refractivity contribution in [1.82, 2.24) is 9.97 Å². The summed E-state index contributed by atoms with van der Waals surface area (Å²) in [6, 6.07) is 4.13. The van der Waals surface area contributed by atoms with Gasteiger partial charge in [-0.2, -0.15) is 5.26 Å². The van der Waals surface area contributed by atoms with Gasteiger partial charge >= 0.3 is 0 Å². The van der Waals surface area contributed by atoms with E-state index in [2.05, 4.69) is 42.1 Å². The number of thioether (sulfide) groups is 1. The molecular formula is C20H24N4OS2. The molecule has 0 aromatic carbocycles. The number of aryl methyl sites for hydroxylation is 1. The van der Waals surface area contributed by atoms with E-state index in [1.165, 1.54) is 16.6 Å². The van der Waals surface area contributed by atoms with Crippen molar-refractivity contribution in [2.24, 2.45) is 11.3 Å². The predicted molar refractivity (Wildman–Crippen MR) is 110 cm³/mol. The van der Waals surface area contributed by atoms with Crippen LogP contribution < -0.4 is 5.32 Å². The Bertz CT molecular complexity index is 892. The molecule has 0 unspecified atom stereocenters. The lowest BCUT2D eigenvalue weighted by atomic mass is 9.72. The summed E-state index contributed by atoms with van der Waals surface area (Å²) in [6.45, 7) is 8.71. The maximum atomic E-state index is 12.4. The Kier molecular flexibility index (Phi) is 5.87. The van der Waals surface area contributed by atoms with Crippen LogP contribution in [0, 0.1) is 29.6 Å². The van der Waals surface area contributed by atoms with Crippen molar-refractivity contribution in [3.05, 3.63) is 34.0 Å². The molecule has 0 spiro atoms. The molecule has 0 saturated heterocycles. The molecule has 2 heterocycles. The highest BCUT2D eigenvalue weighted by molar-refractivity contribution is 7.99. The van der Waals surface area contributed by atoms with Gasteiger partial charge in [-0.3, -0.25) is 4.79 Å². The van der Waals surface area contributed by atoms with Crippen LogP contribution in [0.1, 0.15) is 48.9 Å². The normalized spacial score (nSPS) is 16.5. The number of fused-ring (bicyclic) bond motifs is 1. The molecule has 0 bridgehead atoms. The van der Waals surface area contributed by atoms with Crippen LogP contribution in [0.5, 0.6) is 0 Å². The summed E-state index contributed by atoms with van der Waals surface area (Å²) in [6.07, 6.45) is 4.68. The number of nitriles is 1. The van der Waals surface area contributed by atoms with E-state index in [4.69, 9.17) is 0 Å². The van der Waals surface area contributed by atoms with Crippen molar-refractivity contribution in [3.63, 3.8) is 0 Å². The van der Waals surface area contributed by atoms with Gasteiger partial charge < -0.3 is 5.32 Å². The number of anilines is 1. The van der Waals surface area contributed by atoms with E-state index in [9.17, 15) is 10.1 Å². The van der Waals surface area contributed by atoms with E-state index in [-0.39, 0.29) is 17.1 Å². The number of carbonyl (C=O) groups is 1. The molecule has 0 radical (unpaired) electrons. The van der Waals surface area contributed by atoms with Gasteiger partial charge in [0.2, 0.25) is 5.91 Å². The average Bonchev–Trinajstić information content (AvgIpc) is 2.95. The highest BCUT2D eigenvalue weighted by Crippen LogP contribution is 2.44. The van der Waals surface area contributed by atoms with Crippen LogP contribution >= 0.6 is 23.1 Å². The highest BCUT2D eigenvalue weighted by atomic mass is 32.2. The molecule has 1 aliphatic rings. The number of rotatable bonds is 4. The molecular weight excluding hydrogens is 376 g/mol. The Labute approximate surface area is 168 Å². The third-order valence-electron chi connectivity index (χ3n) is 4.96. The zero-order valence-corrected chi connectivity index (χ0v) is 17.8. The smallest absolute Gasteiger partial charge is 0.235 e. The van der Waals surface area contributed by atoms with Crippen molar-refractivity contribution in [2.75, 3.05) is 11.1 Å². The van der Waals surface area contributed by atoms with Gasteiger partial charge in [0, 0.05) is 16.8 Å². The first-order valence-corrected chi connectivity index (χ1v) is 10.8. The first kappa shape index (κ1) is 19.8. The van der Waals surface area contributed by atoms with Crippen molar-refractivity contribution < 1.29 is 4.79 Å². The Morgan fingerprint density at radius 3 is 2.93 bits per heavy atom. The predicted octanol–water partition coefficient (Wildman–Crippen LogP) is 4.60. The number of hydrogen-bond donors (Lipinski definition) is 1. The van der Waals surface area contributed by atoms with Crippen LogP contribution in [-0.4, -0.2) is 21.6 Å². The molecule has 0 saturated carbocycles. The monoisotopic (exact) mass is 400 g/mol. The quantitative estimate of drug-likeness (QED) is 0.599. The minimum absolute atomic E-state index is 0.132. The molecule has 1 amide bonds. The third-order valence-corrected chi connectivity index (χ3v) is 6.99. The SMILES string of the molecule is Cc1ccnc(SCC(=O)Nc2sc3c(c2C#N)CC[C@H](C(C)(C)C)C3)n1. The molecule has 1 N–H and O–H groups in total. The lowest BCUT2D eigenvalue weighted by molar-refractivity contribution is -0.113. The zero-order chi connectivity index (χ0) is 19.6. The largest absolute Gasteiger partial charge is 0.316 e. The summed E-state index contributed by atoms with van der Waals surface area (Å²) in [4.78, 5) is 22.1. The van der Waals surface area contributed by atoms with Crippen LogP contribution in [-0.2, 0) is 17.6 Å². The van der Waals surface area contributed by atoms with Gasteiger partial charge in [0.25, 0.3) is 0 Å². The van der Waals surface area contributed by atoms with E-state index >= 15 is 0 Å². The van der Waals surface area contributed by atoms with E-state index in [0.29, 0.717) is 21.6 Å². The van der Waals surface area contributed by atoms with Gasteiger partial charge in [0.05, 0.1) is 11.3 Å². The van der Waals surface area contributed by atoms with Crippen LogP contribution in [0.4, 0.5) is 5.00 Å². The number of nitrogens with zero attached hydrogens (tertiary/aromatic N) is 3. The van der Waals surface area contributed by atoms with Crippen molar-refractivity contribution in [3.8, 4) is 6.07 Å². The minimum atomic E-state index is -0.132. The molecule has 142 valence electrons. The molecule has 2 aromatic heterocycles. The summed E-state index contributed by atoms with van der Waals surface area (Å²) in [5.41, 5.74) is 2.90. The van der Waals surface area contributed by atoms with Gasteiger partial charge in [-0.1, -0.05) is 32.5 Å². The Balaban J connectivity index is 1.69. The second-order valence-electron chi connectivity index (χ2n) is 7.94. The molecule has 7 heteroatoms. The lowest BCUT2D eigenvalue weighted by Gasteiger charge is -2.33. The van der Waals surface area contributed by atoms with Crippen molar-refractivity contribution in [1.29, 1.82) is 5.26 Å². The van der Waals surface area contributed by atoms with Crippen molar-refractivity contribution >= 4 is 34.0 Å². The molecule has 5 nitrogen and oxygen atoms in total. The second kappa shape index (κ2) is 7.99. The highest BCUT2D eigenvalue weighted by Gasteiger charge is 2.32. The standard InChI is InChI=1S/C20H24N4OS2/c1-12-7-8-22-19(23-12)26-11-17(25)24-18-15(10-21)14-6-5-13(20(2,3)4)9-16(14)27-18/h7-8,13H,5-6,9,11H2,1-4H3,(H,24,25)/t13-/m0/s1. The molecule has 0 aliphatic heterocycles. The molecule has 3 rings (SSSR count). The average molecular weight is 401 g/mol. The topological polar surface area (TPSA) is 78.7 Å². The first-order valence-electron chi connectivity index (χ1n) is 9.05. The molecule has 1 aliphatic carbocycles. The van der Waals surface area contributed by atoms with Gasteiger partial charge in [0.1, 0.15) is 11.1 Å². The minimum Gasteiger partial charge on any atom is -0.316 e. The molecule has 27 heavy (non-hydrogen) atoms. The fourth-order valence-corrected chi connectivity index (χ4v) is 5.29. The Morgan fingerprint density at radius 2 is 2.26 bits per heavy atom. The van der Waals surface area contributed by atoms with Gasteiger partial charge in [-0.15, -0.1) is 11.3 Å². The maximum absolute atomic E-state index is 12.4. The lowest BCUT2D eigenvalue weighted by Crippen LogP contribution is -2.26. The van der Waals surface area contributed by atoms with E-state index < -0.39 is 0 Å². The van der Waals surface area contributed by atoms with Gasteiger partial charge in [0.15, 0.2) is 5.16 Å². The summed E-state index contributed by atoms with van der Waals surface area (Å²) in [7, 11) is 0. The van der Waals surface area contributed by atoms with Crippen LogP contribution in [0.3, 0.4) is 0 Å². The number of carbonyl (C=O) groups excluding carboxylic acids is 1. The number of aromatic nitrogens is 2. The molecule has 1 atom stereocenters. The van der Waals surface area contributed by atoms with Crippen LogP contribution in [0.15, 0.2) is 17.4 Å². The fraction of sp³-hybridized carbons (Fsp3) is 0.500. The fourth-order valence-electron chi connectivity index (χ4n) is 3.32. The number of hydrogen-bond acceptors (Lipinski definition) is 6. The van der Waals surface area contributed by atoms with E-state index in [0.717, 1.165) is 30.5 Å². The Morgan fingerprint density at radius 1 is 1.48 bits per heavy atom. The number of thiophene rings is 1. The Hall–Kier alpha value is -1.91. The van der Waals surface area contributed by atoms with Crippen molar-refractivity contribution in [2.45, 2.75) is 52.1 Å². The summed E-state index contributed by atoms with van der Waals surface area (Å²) >= 11 is 2.87. The zero-order valence-electron chi connectivity index (χ0n) is 16.1. The van der Waals surface area contributed by atoms with Gasteiger partial charge in [-0.05, 0) is 49.1 Å². The van der Waals surface area contributed by atoms with Gasteiger partial charge in [-0.25, -0.2) is 9.97 Å². The third kappa shape index (κ3) is 4.69.